The third-order valence-corrected chi connectivity index (χ3v) is 7.00. The van der Waals surface area contributed by atoms with Crippen LogP contribution < -0.4 is 14.8 Å². The number of hydrogen-bond acceptors (Lipinski definition) is 5. The molecule has 0 unspecified atom stereocenters. The molecule has 0 spiro atoms. The van der Waals surface area contributed by atoms with Crippen LogP contribution in [0.15, 0.2) is 53.9 Å². The van der Waals surface area contributed by atoms with Crippen LogP contribution in [-0.2, 0) is 14.8 Å². The fourth-order valence-electron chi connectivity index (χ4n) is 3.67. The Morgan fingerprint density at radius 1 is 1.00 bits per heavy atom. The molecule has 2 aromatic rings. The van der Waals surface area contributed by atoms with Crippen molar-refractivity contribution in [3.05, 3.63) is 59.5 Å². The number of ether oxygens (including phenoxy) is 2. The van der Waals surface area contributed by atoms with Crippen LogP contribution in [-0.4, -0.2) is 44.9 Å². The summed E-state index contributed by atoms with van der Waals surface area (Å²) >= 11 is 0. The summed E-state index contributed by atoms with van der Waals surface area (Å²) in [5, 5.41) is 4.16. The normalized spacial score (nSPS) is 17.9. The lowest BCUT2D eigenvalue weighted by Gasteiger charge is -2.29. The molecule has 2 aliphatic rings. The number of piperidine rings is 1. The number of anilines is 1. The van der Waals surface area contributed by atoms with Crippen molar-refractivity contribution in [3.63, 3.8) is 0 Å². The van der Waals surface area contributed by atoms with E-state index in [-0.39, 0.29) is 11.8 Å². The molecule has 2 aromatic carbocycles. The molecule has 1 N–H and O–H groups in total. The average molecular weight is 443 g/mol. The summed E-state index contributed by atoms with van der Waals surface area (Å²) in [5.74, 6) is 0.964. The number of rotatable bonds is 5. The van der Waals surface area contributed by atoms with Gasteiger partial charge in [-0.15, -0.1) is 0 Å². The molecule has 4 rings (SSSR count). The molecular weight excluding hydrogens is 416 g/mol. The highest BCUT2D eigenvalue weighted by Crippen LogP contribution is 2.32. The van der Waals surface area contributed by atoms with Crippen molar-refractivity contribution < 1.29 is 22.7 Å². The zero-order valence-electron chi connectivity index (χ0n) is 17.2. The Labute approximate surface area is 182 Å². The zero-order valence-corrected chi connectivity index (χ0v) is 18.0. The molecule has 31 heavy (non-hydrogen) atoms. The van der Waals surface area contributed by atoms with Gasteiger partial charge in [0.05, 0.1) is 13.2 Å². The van der Waals surface area contributed by atoms with E-state index < -0.39 is 10.0 Å². The third kappa shape index (κ3) is 5.45. The summed E-state index contributed by atoms with van der Waals surface area (Å²) in [6.07, 6.45) is 3.38. The Morgan fingerprint density at radius 2 is 1.71 bits per heavy atom. The minimum absolute atomic E-state index is 0.105. The van der Waals surface area contributed by atoms with Crippen LogP contribution in [0.4, 0.5) is 5.69 Å². The molecule has 7 nitrogen and oxygen atoms in total. The molecule has 0 aliphatic carbocycles. The van der Waals surface area contributed by atoms with Crippen molar-refractivity contribution >= 4 is 27.7 Å². The van der Waals surface area contributed by atoms with Gasteiger partial charge in [0.1, 0.15) is 0 Å². The van der Waals surface area contributed by atoms with Gasteiger partial charge in [0.15, 0.2) is 11.5 Å². The number of sulfonamides is 1. The van der Waals surface area contributed by atoms with Crippen molar-refractivity contribution in [1.29, 1.82) is 0 Å². The standard InChI is InChI=1S/C23H26N2O5S/c26-23(24-20-7-8-21-22(17-20)30-15-4-14-29-21)19-9-12-25(13-10-19)31(27,28)16-11-18-5-2-1-3-6-18/h1-3,5-8,11,16-17,19H,4,9-10,12-15H2,(H,24,26)/b16-11+. The Hall–Kier alpha value is -2.84. The maximum Gasteiger partial charge on any atom is 0.236 e. The fraction of sp³-hybridized carbons (Fsp3) is 0.348. The summed E-state index contributed by atoms with van der Waals surface area (Å²) in [4.78, 5) is 12.7. The highest BCUT2D eigenvalue weighted by molar-refractivity contribution is 7.92. The second-order valence-corrected chi connectivity index (χ2v) is 9.45. The van der Waals surface area contributed by atoms with Crippen LogP contribution in [0.1, 0.15) is 24.8 Å². The molecule has 164 valence electrons. The highest BCUT2D eigenvalue weighted by Gasteiger charge is 2.30. The lowest BCUT2D eigenvalue weighted by molar-refractivity contribution is -0.120. The molecule has 1 fully saturated rings. The molecule has 2 heterocycles. The molecule has 0 saturated carbocycles. The Balaban J connectivity index is 1.32. The van der Waals surface area contributed by atoms with Gasteiger partial charge in [0.2, 0.25) is 15.9 Å². The van der Waals surface area contributed by atoms with Gasteiger partial charge in [-0.2, -0.15) is 4.31 Å². The van der Waals surface area contributed by atoms with E-state index in [1.54, 1.807) is 24.3 Å². The fourth-order valence-corrected chi connectivity index (χ4v) is 4.89. The summed E-state index contributed by atoms with van der Waals surface area (Å²) in [6, 6.07) is 14.7. The lowest BCUT2D eigenvalue weighted by Crippen LogP contribution is -2.40. The molecule has 0 aromatic heterocycles. The monoisotopic (exact) mass is 442 g/mol. The number of fused-ring (bicyclic) bond motifs is 1. The summed E-state index contributed by atoms with van der Waals surface area (Å²) in [7, 11) is -3.51. The first-order valence-corrected chi connectivity index (χ1v) is 12.0. The summed E-state index contributed by atoms with van der Waals surface area (Å²) in [6.45, 7) is 1.83. The van der Waals surface area contributed by atoms with Gasteiger partial charge in [-0.1, -0.05) is 30.3 Å². The van der Waals surface area contributed by atoms with Gasteiger partial charge in [-0.25, -0.2) is 8.42 Å². The molecule has 8 heteroatoms. The van der Waals surface area contributed by atoms with Gasteiger partial charge in [-0.3, -0.25) is 4.79 Å². The van der Waals surface area contributed by atoms with Gasteiger partial charge in [0.25, 0.3) is 0 Å². The first-order chi connectivity index (χ1) is 15.0. The summed E-state index contributed by atoms with van der Waals surface area (Å²) in [5.41, 5.74) is 1.48. The van der Waals surface area contributed by atoms with Crippen LogP contribution in [0.2, 0.25) is 0 Å². The number of carbonyl (C=O) groups excluding carboxylic acids is 1. The van der Waals surface area contributed by atoms with E-state index in [2.05, 4.69) is 5.32 Å². The van der Waals surface area contributed by atoms with Crippen molar-refractivity contribution in [2.45, 2.75) is 19.3 Å². The average Bonchev–Trinajstić information content (AvgIpc) is 3.04. The first kappa shape index (κ1) is 21.4. The first-order valence-electron chi connectivity index (χ1n) is 10.4. The van der Waals surface area contributed by atoms with E-state index in [0.717, 1.165) is 12.0 Å². The number of amides is 1. The molecule has 1 saturated heterocycles. The molecule has 0 radical (unpaired) electrons. The van der Waals surface area contributed by atoms with Crippen molar-refractivity contribution in [3.8, 4) is 11.5 Å². The third-order valence-electron chi connectivity index (χ3n) is 5.43. The molecule has 0 atom stereocenters. The zero-order chi connectivity index (χ0) is 21.7. The van der Waals surface area contributed by atoms with E-state index in [9.17, 15) is 13.2 Å². The minimum Gasteiger partial charge on any atom is -0.490 e. The second kappa shape index (κ2) is 9.53. The van der Waals surface area contributed by atoms with E-state index >= 15 is 0 Å². The van der Waals surface area contributed by atoms with Gasteiger partial charge < -0.3 is 14.8 Å². The topological polar surface area (TPSA) is 84.9 Å². The van der Waals surface area contributed by atoms with Crippen LogP contribution >= 0.6 is 0 Å². The van der Waals surface area contributed by atoms with Crippen LogP contribution in [0, 0.1) is 5.92 Å². The van der Waals surface area contributed by atoms with Crippen LogP contribution in [0.3, 0.4) is 0 Å². The predicted molar refractivity (Wildman–Crippen MR) is 119 cm³/mol. The largest absolute Gasteiger partial charge is 0.490 e. The maximum atomic E-state index is 12.7. The van der Waals surface area contributed by atoms with E-state index in [1.165, 1.54) is 9.71 Å². The van der Waals surface area contributed by atoms with E-state index in [4.69, 9.17) is 9.47 Å². The van der Waals surface area contributed by atoms with Crippen LogP contribution in [0.5, 0.6) is 11.5 Å². The van der Waals surface area contributed by atoms with Crippen LogP contribution in [0.25, 0.3) is 6.08 Å². The molecule has 1 amide bonds. The molecule has 2 aliphatic heterocycles. The van der Waals surface area contributed by atoms with Crippen molar-refractivity contribution in [2.24, 2.45) is 5.92 Å². The van der Waals surface area contributed by atoms with E-state index in [1.807, 2.05) is 30.3 Å². The quantitative estimate of drug-likeness (QED) is 0.766. The van der Waals surface area contributed by atoms with Gasteiger partial charge in [-0.05, 0) is 36.6 Å². The van der Waals surface area contributed by atoms with E-state index in [0.29, 0.717) is 56.3 Å². The number of benzene rings is 2. The smallest absolute Gasteiger partial charge is 0.236 e. The summed E-state index contributed by atoms with van der Waals surface area (Å²) < 4.78 is 37.9. The predicted octanol–water partition coefficient (Wildman–Crippen LogP) is 3.50. The SMILES string of the molecule is O=C(Nc1ccc2c(c1)OCCCO2)C1CCN(S(=O)(=O)/C=C/c2ccccc2)CC1. The number of nitrogens with one attached hydrogen (secondary N) is 1. The van der Waals surface area contributed by atoms with Gasteiger partial charge >= 0.3 is 0 Å². The minimum atomic E-state index is -3.51. The Kier molecular flexibility index (Phi) is 6.58. The number of nitrogens with zero attached hydrogens (tertiary/aromatic N) is 1. The number of hydrogen-bond donors (Lipinski definition) is 1. The molecular formula is C23H26N2O5S. The van der Waals surface area contributed by atoms with Crippen molar-refractivity contribution in [1.82, 2.24) is 4.31 Å². The Bertz CT molecular complexity index is 1040. The Morgan fingerprint density at radius 3 is 2.45 bits per heavy atom. The van der Waals surface area contributed by atoms with Crippen molar-refractivity contribution in [2.75, 3.05) is 31.6 Å². The number of carbonyl (C=O) groups is 1. The van der Waals surface area contributed by atoms with Gasteiger partial charge in [0, 0.05) is 42.6 Å². The maximum absolute atomic E-state index is 12.7. The lowest BCUT2D eigenvalue weighted by atomic mass is 9.97. The second-order valence-electron chi connectivity index (χ2n) is 7.63. The molecule has 0 bridgehead atoms. The highest BCUT2D eigenvalue weighted by atomic mass is 32.2.